The maximum absolute atomic E-state index is 11.6. The molecule has 1 saturated heterocycles. The van der Waals surface area contributed by atoms with E-state index in [4.69, 9.17) is 9.84 Å². The lowest BCUT2D eigenvalue weighted by atomic mass is 10.2. The van der Waals surface area contributed by atoms with E-state index in [2.05, 4.69) is 9.97 Å². The number of aliphatic hydroxyl groups excluding tert-OH is 1. The van der Waals surface area contributed by atoms with E-state index in [0.29, 0.717) is 31.1 Å². The van der Waals surface area contributed by atoms with Crippen LogP contribution in [0.25, 0.3) is 0 Å². The summed E-state index contributed by atoms with van der Waals surface area (Å²) >= 11 is 0. The van der Waals surface area contributed by atoms with E-state index in [9.17, 15) is 4.79 Å². The number of morpholine rings is 1. The molecule has 0 unspecified atom stereocenters. The second-order valence-electron chi connectivity index (χ2n) is 3.63. The molecule has 1 aromatic rings. The van der Waals surface area contributed by atoms with E-state index >= 15 is 0 Å². The van der Waals surface area contributed by atoms with Crippen molar-refractivity contribution >= 4 is 5.95 Å². The zero-order valence-electron chi connectivity index (χ0n) is 8.98. The van der Waals surface area contributed by atoms with Gasteiger partial charge >= 0.3 is 0 Å². The number of hydrogen-bond donors (Lipinski definition) is 2. The molecule has 1 fully saturated rings. The first-order valence-corrected chi connectivity index (χ1v) is 5.33. The van der Waals surface area contributed by atoms with Gasteiger partial charge in [0.05, 0.1) is 13.2 Å². The van der Waals surface area contributed by atoms with Crippen LogP contribution in [0.1, 0.15) is 5.56 Å². The van der Waals surface area contributed by atoms with Crippen LogP contribution in [0.2, 0.25) is 0 Å². The Bertz CT molecular complexity index is 399. The highest BCUT2D eigenvalue weighted by molar-refractivity contribution is 5.30. The van der Waals surface area contributed by atoms with Crippen LogP contribution < -0.4 is 10.5 Å². The number of aromatic amines is 1. The van der Waals surface area contributed by atoms with Crippen LogP contribution in [0.3, 0.4) is 0 Å². The average molecular weight is 225 g/mol. The zero-order chi connectivity index (χ0) is 11.4. The molecule has 0 saturated carbocycles. The number of anilines is 1. The molecular weight excluding hydrogens is 210 g/mol. The first-order chi connectivity index (χ1) is 7.81. The minimum absolute atomic E-state index is 0.0400. The van der Waals surface area contributed by atoms with Gasteiger partial charge in [-0.2, -0.15) is 0 Å². The molecule has 0 amide bonds. The maximum Gasteiger partial charge on any atom is 0.255 e. The fourth-order valence-corrected chi connectivity index (χ4v) is 1.65. The van der Waals surface area contributed by atoms with Crippen LogP contribution in [0, 0.1) is 0 Å². The lowest BCUT2D eigenvalue weighted by Crippen LogP contribution is -2.38. The summed E-state index contributed by atoms with van der Waals surface area (Å²) in [6, 6.07) is 0. The first kappa shape index (κ1) is 11.1. The molecule has 1 aliphatic heterocycles. The third-order valence-corrected chi connectivity index (χ3v) is 2.55. The summed E-state index contributed by atoms with van der Waals surface area (Å²) in [5.41, 5.74) is 0.338. The second kappa shape index (κ2) is 5.09. The van der Waals surface area contributed by atoms with Gasteiger partial charge in [-0.15, -0.1) is 0 Å². The van der Waals surface area contributed by atoms with Gasteiger partial charge in [-0.1, -0.05) is 0 Å². The Labute approximate surface area is 92.9 Å². The van der Waals surface area contributed by atoms with Gasteiger partial charge in [0.1, 0.15) is 0 Å². The SMILES string of the molecule is O=c1[nH]c(N2CCOCC2)ncc1CCO. The van der Waals surface area contributed by atoms with Gasteiger partial charge < -0.3 is 14.7 Å². The summed E-state index contributed by atoms with van der Waals surface area (Å²) in [7, 11) is 0. The number of rotatable bonds is 3. The van der Waals surface area contributed by atoms with Crippen LogP contribution in [-0.2, 0) is 11.2 Å². The molecular formula is C10H15N3O3. The van der Waals surface area contributed by atoms with Gasteiger partial charge in [0.25, 0.3) is 5.56 Å². The topological polar surface area (TPSA) is 78.5 Å². The number of nitrogens with zero attached hydrogens (tertiary/aromatic N) is 2. The molecule has 16 heavy (non-hydrogen) atoms. The summed E-state index contributed by atoms with van der Waals surface area (Å²) in [6.45, 7) is 2.75. The van der Waals surface area contributed by atoms with Gasteiger partial charge in [-0.05, 0) is 0 Å². The maximum atomic E-state index is 11.6. The van der Waals surface area contributed by atoms with E-state index in [1.165, 1.54) is 6.20 Å². The molecule has 6 heteroatoms. The number of H-pyrrole nitrogens is 1. The Hall–Kier alpha value is -1.40. The highest BCUT2D eigenvalue weighted by atomic mass is 16.5. The molecule has 2 heterocycles. The summed E-state index contributed by atoms with van der Waals surface area (Å²) < 4.78 is 5.22. The highest BCUT2D eigenvalue weighted by Crippen LogP contribution is 2.07. The van der Waals surface area contributed by atoms with Crippen molar-refractivity contribution < 1.29 is 9.84 Å². The lowest BCUT2D eigenvalue weighted by Gasteiger charge is -2.27. The smallest absolute Gasteiger partial charge is 0.255 e. The van der Waals surface area contributed by atoms with Crippen LogP contribution in [-0.4, -0.2) is 48.0 Å². The Morgan fingerprint density at radius 3 is 2.88 bits per heavy atom. The van der Waals surface area contributed by atoms with Gasteiger partial charge in [0, 0.05) is 37.9 Å². The fraction of sp³-hybridized carbons (Fsp3) is 0.600. The molecule has 2 rings (SSSR count). The van der Waals surface area contributed by atoms with Gasteiger partial charge in [0.15, 0.2) is 0 Å². The Kier molecular flexibility index (Phi) is 3.53. The van der Waals surface area contributed by atoms with Crippen LogP contribution in [0.5, 0.6) is 0 Å². The zero-order valence-corrected chi connectivity index (χ0v) is 8.98. The predicted molar refractivity (Wildman–Crippen MR) is 58.7 cm³/mol. The van der Waals surface area contributed by atoms with Crippen molar-refractivity contribution in [2.24, 2.45) is 0 Å². The van der Waals surface area contributed by atoms with Crippen LogP contribution in [0.4, 0.5) is 5.95 Å². The van der Waals surface area contributed by atoms with E-state index < -0.39 is 0 Å². The monoisotopic (exact) mass is 225 g/mol. The summed E-state index contributed by atoms with van der Waals surface area (Å²) in [4.78, 5) is 20.5. The molecule has 2 N–H and O–H groups in total. The van der Waals surface area contributed by atoms with Gasteiger partial charge in [0.2, 0.25) is 5.95 Å². The van der Waals surface area contributed by atoms with E-state index in [0.717, 1.165) is 13.1 Å². The van der Waals surface area contributed by atoms with Crippen LogP contribution in [0.15, 0.2) is 11.0 Å². The van der Waals surface area contributed by atoms with Crippen LogP contribution >= 0.6 is 0 Å². The predicted octanol–water partition coefficient (Wildman–Crippen LogP) is -0.859. The fourth-order valence-electron chi connectivity index (χ4n) is 1.65. The van der Waals surface area contributed by atoms with E-state index in [1.807, 2.05) is 4.90 Å². The van der Waals surface area contributed by atoms with Crippen molar-refractivity contribution in [3.05, 3.63) is 22.1 Å². The molecule has 0 bridgehead atoms. The van der Waals surface area contributed by atoms with E-state index in [-0.39, 0.29) is 12.2 Å². The summed E-state index contributed by atoms with van der Waals surface area (Å²) in [6.07, 6.45) is 1.87. The third kappa shape index (κ3) is 2.40. The number of ether oxygens (including phenoxy) is 1. The molecule has 1 aliphatic rings. The molecule has 0 spiro atoms. The van der Waals surface area contributed by atoms with Crippen molar-refractivity contribution in [1.82, 2.24) is 9.97 Å². The summed E-state index contributed by atoms with van der Waals surface area (Å²) in [5, 5.41) is 8.75. The highest BCUT2D eigenvalue weighted by Gasteiger charge is 2.13. The Morgan fingerprint density at radius 1 is 1.50 bits per heavy atom. The number of nitrogens with one attached hydrogen (secondary N) is 1. The third-order valence-electron chi connectivity index (χ3n) is 2.55. The quantitative estimate of drug-likeness (QED) is 0.700. The Balaban J connectivity index is 2.16. The minimum Gasteiger partial charge on any atom is -0.396 e. The van der Waals surface area contributed by atoms with E-state index in [1.54, 1.807) is 0 Å². The first-order valence-electron chi connectivity index (χ1n) is 5.33. The average Bonchev–Trinajstić information content (AvgIpc) is 2.33. The Morgan fingerprint density at radius 2 is 2.25 bits per heavy atom. The number of hydrogen-bond acceptors (Lipinski definition) is 5. The molecule has 1 aromatic heterocycles. The molecule has 0 radical (unpaired) electrons. The number of aromatic nitrogens is 2. The molecule has 0 atom stereocenters. The largest absolute Gasteiger partial charge is 0.396 e. The van der Waals surface area contributed by atoms with Crippen molar-refractivity contribution in [1.29, 1.82) is 0 Å². The molecule has 88 valence electrons. The lowest BCUT2D eigenvalue weighted by molar-refractivity contribution is 0.122. The standard InChI is InChI=1S/C10H15N3O3/c14-4-1-8-7-11-10(12-9(8)15)13-2-5-16-6-3-13/h7,14H,1-6H2,(H,11,12,15). The van der Waals surface area contributed by atoms with Gasteiger partial charge in [-0.3, -0.25) is 9.78 Å². The van der Waals surface area contributed by atoms with Crippen molar-refractivity contribution in [3.63, 3.8) is 0 Å². The normalized spacial score (nSPS) is 16.4. The van der Waals surface area contributed by atoms with Gasteiger partial charge in [-0.25, -0.2) is 4.98 Å². The van der Waals surface area contributed by atoms with Crippen molar-refractivity contribution in [2.75, 3.05) is 37.8 Å². The number of aliphatic hydroxyl groups is 1. The molecule has 0 aliphatic carbocycles. The summed E-state index contributed by atoms with van der Waals surface area (Å²) in [5.74, 6) is 0.579. The molecule has 6 nitrogen and oxygen atoms in total. The second-order valence-corrected chi connectivity index (χ2v) is 3.63. The van der Waals surface area contributed by atoms with Crippen molar-refractivity contribution in [3.8, 4) is 0 Å². The van der Waals surface area contributed by atoms with Crippen molar-refractivity contribution in [2.45, 2.75) is 6.42 Å². The molecule has 0 aromatic carbocycles. The minimum atomic E-state index is -0.175.